The molecule has 0 atom stereocenters. The lowest BCUT2D eigenvalue weighted by molar-refractivity contribution is 0.410. The Hall–Kier alpha value is -2.18. The summed E-state index contributed by atoms with van der Waals surface area (Å²) in [7, 11) is 0. The molecule has 7 heteroatoms. The maximum Gasteiger partial charge on any atom is 0.253 e. The molecule has 116 valence electrons. The van der Waals surface area contributed by atoms with E-state index in [2.05, 4.69) is 10.3 Å². The van der Waals surface area contributed by atoms with Crippen molar-refractivity contribution in [1.82, 2.24) is 4.98 Å². The molecule has 0 bridgehead atoms. The van der Waals surface area contributed by atoms with Crippen LogP contribution in [0.5, 0.6) is 0 Å². The number of pyridine rings is 1. The fourth-order valence-electron chi connectivity index (χ4n) is 2.42. The Morgan fingerprint density at radius 2 is 1.45 bits per heavy atom. The lowest BCUT2D eigenvalue weighted by Crippen LogP contribution is -2.21. The standard InChI is InChI=1S/C15H11F5N2/c16-9-3-1-8(2-4-9)15(5-6-15)7-21-12-10(17)13(19)22-14(20)11(12)18/h1-4H,5-7H2,(H,21,22). The molecule has 3 rings (SSSR count). The van der Waals surface area contributed by atoms with Crippen molar-refractivity contribution in [3.63, 3.8) is 0 Å². The summed E-state index contributed by atoms with van der Waals surface area (Å²) in [5.74, 6) is -6.91. The third-order valence-electron chi connectivity index (χ3n) is 3.91. The molecule has 1 heterocycles. The number of nitrogens with zero attached hydrogens (tertiary/aromatic N) is 1. The maximum absolute atomic E-state index is 13.5. The highest BCUT2D eigenvalue weighted by molar-refractivity contribution is 5.47. The van der Waals surface area contributed by atoms with E-state index < -0.39 is 34.6 Å². The summed E-state index contributed by atoms with van der Waals surface area (Å²) >= 11 is 0. The van der Waals surface area contributed by atoms with Crippen molar-refractivity contribution in [2.45, 2.75) is 18.3 Å². The number of nitrogens with one attached hydrogen (secondary N) is 1. The van der Waals surface area contributed by atoms with Gasteiger partial charge in [-0.2, -0.15) is 22.5 Å². The van der Waals surface area contributed by atoms with E-state index >= 15 is 0 Å². The lowest BCUT2D eigenvalue weighted by atomic mass is 9.96. The van der Waals surface area contributed by atoms with Gasteiger partial charge in [-0.15, -0.1) is 0 Å². The minimum absolute atomic E-state index is 0.0787. The van der Waals surface area contributed by atoms with E-state index in [1.807, 2.05) is 0 Å². The van der Waals surface area contributed by atoms with Crippen LogP contribution in [0.25, 0.3) is 0 Å². The van der Waals surface area contributed by atoms with Crippen LogP contribution < -0.4 is 5.32 Å². The van der Waals surface area contributed by atoms with Gasteiger partial charge in [0.25, 0.3) is 11.9 Å². The van der Waals surface area contributed by atoms with Crippen molar-refractivity contribution in [2.24, 2.45) is 0 Å². The number of rotatable bonds is 4. The summed E-state index contributed by atoms with van der Waals surface area (Å²) in [4.78, 5) is 2.50. The molecule has 1 aliphatic rings. The Morgan fingerprint density at radius 3 is 1.95 bits per heavy atom. The molecule has 1 fully saturated rings. The van der Waals surface area contributed by atoms with Crippen LogP contribution in [-0.4, -0.2) is 11.5 Å². The average molecular weight is 314 g/mol. The first-order valence-corrected chi connectivity index (χ1v) is 6.63. The lowest BCUT2D eigenvalue weighted by Gasteiger charge is -2.18. The molecule has 1 aromatic carbocycles. The molecular weight excluding hydrogens is 303 g/mol. The molecule has 1 aliphatic carbocycles. The van der Waals surface area contributed by atoms with Gasteiger partial charge >= 0.3 is 0 Å². The van der Waals surface area contributed by atoms with Crippen LogP contribution in [0.1, 0.15) is 18.4 Å². The number of hydrogen-bond acceptors (Lipinski definition) is 2. The molecule has 0 spiro atoms. The predicted octanol–water partition coefficient (Wildman–Crippen LogP) is 3.92. The fraction of sp³-hybridized carbons (Fsp3) is 0.267. The van der Waals surface area contributed by atoms with Gasteiger partial charge < -0.3 is 5.32 Å². The van der Waals surface area contributed by atoms with E-state index in [1.54, 1.807) is 12.1 Å². The van der Waals surface area contributed by atoms with E-state index in [1.165, 1.54) is 12.1 Å². The summed E-state index contributed by atoms with van der Waals surface area (Å²) in [5.41, 5.74) is -0.487. The Kier molecular flexibility index (Phi) is 3.50. The van der Waals surface area contributed by atoms with Crippen LogP contribution in [0.4, 0.5) is 27.6 Å². The van der Waals surface area contributed by atoms with E-state index in [-0.39, 0.29) is 12.4 Å². The number of aromatic nitrogens is 1. The van der Waals surface area contributed by atoms with Crippen LogP contribution in [0.2, 0.25) is 0 Å². The van der Waals surface area contributed by atoms with Gasteiger partial charge in [0, 0.05) is 12.0 Å². The average Bonchev–Trinajstić information content (AvgIpc) is 3.27. The normalized spacial score (nSPS) is 15.7. The van der Waals surface area contributed by atoms with Crippen molar-refractivity contribution >= 4 is 5.69 Å². The van der Waals surface area contributed by atoms with E-state index in [9.17, 15) is 22.0 Å². The summed E-state index contributed by atoms with van der Waals surface area (Å²) in [6.07, 6.45) is 1.45. The molecular formula is C15H11F5N2. The molecule has 2 aromatic rings. The minimum Gasteiger partial charge on any atom is -0.379 e. The van der Waals surface area contributed by atoms with Gasteiger partial charge in [0.1, 0.15) is 11.5 Å². The van der Waals surface area contributed by atoms with Crippen LogP contribution in [-0.2, 0) is 5.41 Å². The molecule has 0 unspecified atom stereocenters. The minimum atomic E-state index is -1.70. The Balaban J connectivity index is 1.83. The van der Waals surface area contributed by atoms with Gasteiger partial charge in [-0.1, -0.05) is 12.1 Å². The first kappa shape index (κ1) is 14.7. The van der Waals surface area contributed by atoms with E-state index in [0.29, 0.717) is 0 Å². The number of benzene rings is 1. The highest BCUT2D eigenvalue weighted by Crippen LogP contribution is 2.48. The van der Waals surface area contributed by atoms with Crippen LogP contribution >= 0.6 is 0 Å². The van der Waals surface area contributed by atoms with Gasteiger partial charge in [-0.3, -0.25) is 0 Å². The van der Waals surface area contributed by atoms with E-state index in [4.69, 9.17) is 0 Å². The summed E-state index contributed by atoms with van der Waals surface area (Å²) in [5, 5.41) is 2.42. The monoisotopic (exact) mass is 314 g/mol. The largest absolute Gasteiger partial charge is 0.379 e. The van der Waals surface area contributed by atoms with Gasteiger partial charge in [0.15, 0.2) is 0 Å². The molecule has 1 N–H and O–H groups in total. The van der Waals surface area contributed by atoms with Crippen molar-refractivity contribution in [1.29, 1.82) is 0 Å². The molecule has 0 amide bonds. The number of anilines is 1. The van der Waals surface area contributed by atoms with Crippen LogP contribution in [0.15, 0.2) is 24.3 Å². The van der Waals surface area contributed by atoms with Crippen LogP contribution in [0.3, 0.4) is 0 Å². The van der Waals surface area contributed by atoms with Gasteiger partial charge in [0.2, 0.25) is 11.6 Å². The Bertz CT molecular complexity index is 685. The topological polar surface area (TPSA) is 24.9 Å². The zero-order valence-electron chi connectivity index (χ0n) is 11.3. The zero-order valence-corrected chi connectivity index (χ0v) is 11.3. The summed E-state index contributed by atoms with van der Waals surface area (Å²) in [6, 6.07) is 5.76. The zero-order chi connectivity index (χ0) is 15.9. The van der Waals surface area contributed by atoms with Gasteiger partial charge in [0.05, 0.1) is 0 Å². The summed E-state index contributed by atoms with van der Waals surface area (Å²) in [6.45, 7) is 0.0787. The second-order valence-corrected chi connectivity index (χ2v) is 5.34. The second kappa shape index (κ2) is 5.23. The molecule has 2 nitrogen and oxygen atoms in total. The number of halogens is 5. The molecule has 1 aromatic heterocycles. The highest BCUT2D eigenvalue weighted by Gasteiger charge is 2.44. The molecule has 0 saturated heterocycles. The van der Waals surface area contributed by atoms with Gasteiger partial charge in [-0.25, -0.2) is 4.39 Å². The van der Waals surface area contributed by atoms with Crippen LogP contribution in [0, 0.1) is 29.3 Å². The predicted molar refractivity (Wildman–Crippen MR) is 69.9 cm³/mol. The quantitative estimate of drug-likeness (QED) is 0.683. The highest BCUT2D eigenvalue weighted by atomic mass is 19.2. The van der Waals surface area contributed by atoms with Crippen molar-refractivity contribution in [2.75, 3.05) is 11.9 Å². The number of hydrogen-bond donors (Lipinski definition) is 1. The fourth-order valence-corrected chi connectivity index (χ4v) is 2.42. The third kappa shape index (κ3) is 2.51. The van der Waals surface area contributed by atoms with Crippen molar-refractivity contribution < 1.29 is 22.0 Å². The third-order valence-corrected chi connectivity index (χ3v) is 3.91. The first-order chi connectivity index (χ1) is 10.4. The summed E-state index contributed by atoms with van der Waals surface area (Å²) < 4.78 is 66.1. The molecule has 0 radical (unpaired) electrons. The molecule has 0 aliphatic heterocycles. The molecule has 1 saturated carbocycles. The SMILES string of the molecule is Fc1ccc(C2(CNc3c(F)c(F)nc(F)c3F)CC2)cc1. The first-order valence-electron chi connectivity index (χ1n) is 6.63. The van der Waals surface area contributed by atoms with E-state index in [0.717, 1.165) is 18.4 Å². The Morgan fingerprint density at radius 1 is 0.909 bits per heavy atom. The second-order valence-electron chi connectivity index (χ2n) is 5.34. The molecule has 22 heavy (non-hydrogen) atoms. The maximum atomic E-state index is 13.5. The van der Waals surface area contributed by atoms with Crippen molar-refractivity contribution in [3.8, 4) is 0 Å². The Labute approximate surface area is 123 Å². The van der Waals surface area contributed by atoms with Crippen molar-refractivity contribution in [3.05, 3.63) is 59.2 Å². The van der Waals surface area contributed by atoms with Gasteiger partial charge in [-0.05, 0) is 30.5 Å². The smallest absolute Gasteiger partial charge is 0.253 e.